The second-order valence-corrected chi connectivity index (χ2v) is 11.9. The van der Waals surface area contributed by atoms with Crippen molar-refractivity contribution in [2.24, 2.45) is 23.7 Å². The average Bonchev–Trinajstić information content (AvgIpc) is 3.34. The Kier molecular flexibility index (Phi) is 5.74. The van der Waals surface area contributed by atoms with E-state index in [0.29, 0.717) is 22.7 Å². The van der Waals surface area contributed by atoms with Crippen LogP contribution in [-0.2, 0) is 24.6 Å². The molecule has 2 aliphatic carbocycles. The summed E-state index contributed by atoms with van der Waals surface area (Å²) in [5.41, 5.74) is 1.43. The molecular formula is C33H27ClN2O5. The molecule has 0 radical (unpaired) electrons. The topological polar surface area (TPSA) is 95.0 Å². The fraction of sp³-hybridized carbons (Fsp3) is 0.273. The standard InChI is InChI=1S/C33H27ClN2O5/c1-35-29(38)24-15-14-23-25(27(24)31(35)40)17-26-30(39)36(21-9-5-8-20(34)16-21)32(41)33(26,19-6-3-2-4-7-19)28(23)18-10-12-22(37)13-11-18/h2-14,16,24-28,37H,15,17H2,1H3/t24-,25+,26-,27-,28-,33+/m0/s1. The van der Waals surface area contributed by atoms with Crippen LogP contribution in [0.25, 0.3) is 0 Å². The number of amides is 4. The number of phenolic OH excluding ortho intramolecular Hbond substituents is 1. The third-order valence-electron chi connectivity index (χ3n) is 9.61. The SMILES string of the molecule is CN1C(=O)[C@H]2[C@H](CC=C3[C@H]2C[C@H]2C(=O)N(c4cccc(Cl)c4)C(=O)[C@@]2(c2ccccc2)[C@H]3c2ccc(O)cc2)C1=O. The quantitative estimate of drug-likeness (QED) is 0.362. The number of allylic oxidation sites excluding steroid dienone is 2. The molecule has 2 aliphatic heterocycles. The first-order valence-electron chi connectivity index (χ1n) is 13.7. The molecule has 8 heteroatoms. The predicted octanol–water partition coefficient (Wildman–Crippen LogP) is 4.84. The number of phenols is 1. The van der Waals surface area contributed by atoms with E-state index in [2.05, 4.69) is 0 Å². The van der Waals surface area contributed by atoms with Gasteiger partial charge in [0.2, 0.25) is 23.6 Å². The summed E-state index contributed by atoms with van der Waals surface area (Å²) in [5, 5.41) is 10.5. The summed E-state index contributed by atoms with van der Waals surface area (Å²) in [7, 11) is 1.52. The van der Waals surface area contributed by atoms with Gasteiger partial charge >= 0.3 is 0 Å². The molecular weight excluding hydrogens is 540 g/mol. The Labute approximate surface area is 242 Å². The first-order chi connectivity index (χ1) is 19.7. The van der Waals surface area contributed by atoms with Crippen molar-refractivity contribution in [2.75, 3.05) is 11.9 Å². The van der Waals surface area contributed by atoms with Crippen molar-refractivity contribution in [2.45, 2.75) is 24.2 Å². The van der Waals surface area contributed by atoms with Crippen molar-refractivity contribution in [3.63, 3.8) is 0 Å². The van der Waals surface area contributed by atoms with Crippen molar-refractivity contribution >= 4 is 40.9 Å². The summed E-state index contributed by atoms with van der Waals surface area (Å²) in [6.07, 6.45) is 2.66. The van der Waals surface area contributed by atoms with Crippen LogP contribution in [0, 0.1) is 23.7 Å². The number of rotatable bonds is 3. The summed E-state index contributed by atoms with van der Waals surface area (Å²) in [5.74, 6) is -3.95. The van der Waals surface area contributed by atoms with Gasteiger partial charge in [0.25, 0.3) is 0 Å². The molecule has 7 nitrogen and oxygen atoms in total. The van der Waals surface area contributed by atoms with E-state index in [1.54, 1.807) is 48.5 Å². The highest BCUT2D eigenvalue weighted by atomic mass is 35.5. The molecule has 1 saturated carbocycles. The monoisotopic (exact) mass is 566 g/mol. The van der Waals surface area contributed by atoms with Gasteiger partial charge in [-0.05, 0) is 60.2 Å². The molecule has 4 aliphatic rings. The van der Waals surface area contributed by atoms with Crippen molar-refractivity contribution in [1.29, 1.82) is 0 Å². The third kappa shape index (κ3) is 3.45. The lowest BCUT2D eigenvalue weighted by Gasteiger charge is -2.50. The molecule has 0 spiro atoms. The Hall–Kier alpha value is -4.23. The van der Waals surface area contributed by atoms with Gasteiger partial charge in [0, 0.05) is 18.0 Å². The lowest BCUT2D eigenvalue weighted by atomic mass is 9.49. The van der Waals surface area contributed by atoms with Crippen LogP contribution in [0.5, 0.6) is 5.75 Å². The molecule has 0 aromatic heterocycles. The molecule has 41 heavy (non-hydrogen) atoms. The van der Waals surface area contributed by atoms with Crippen molar-refractivity contribution in [3.05, 3.63) is 107 Å². The largest absolute Gasteiger partial charge is 0.508 e. The van der Waals surface area contributed by atoms with Crippen molar-refractivity contribution in [1.82, 2.24) is 4.90 Å². The molecule has 3 aromatic rings. The Balaban J connectivity index is 1.51. The van der Waals surface area contributed by atoms with E-state index < -0.39 is 35.0 Å². The number of benzene rings is 3. The number of carbonyl (C=O) groups is 4. The molecule has 0 unspecified atom stereocenters. The third-order valence-corrected chi connectivity index (χ3v) is 9.85. The zero-order chi connectivity index (χ0) is 28.6. The van der Waals surface area contributed by atoms with E-state index in [-0.39, 0.29) is 35.8 Å². The van der Waals surface area contributed by atoms with Gasteiger partial charge in [-0.3, -0.25) is 24.1 Å². The lowest BCUT2D eigenvalue weighted by Crippen LogP contribution is -2.53. The van der Waals surface area contributed by atoms with Gasteiger partial charge in [-0.1, -0.05) is 71.8 Å². The maximum Gasteiger partial charge on any atom is 0.246 e. The second kappa shape index (κ2) is 9.14. The first kappa shape index (κ1) is 25.7. The van der Waals surface area contributed by atoms with Crippen LogP contribution in [0.3, 0.4) is 0 Å². The van der Waals surface area contributed by atoms with Crippen LogP contribution in [0.2, 0.25) is 5.02 Å². The number of imide groups is 2. The van der Waals surface area contributed by atoms with Crippen LogP contribution >= 0.6 is 11.6 Å². The van der Waals surface area contributed by atoms with E-state index in [1.807, 2.05) is 36.4 Å². The summed E-state index contributed by atoms with van der Waals surface area (Å²) < 4.78 is 0. The zero-order valence-corrected chi connectivity index (χ0v) is 23.0. The van der Waals surface area contributed by atoms with Gasteiger partial charge < -0.3 is 5.11 Å². The highest BCUT2D eigenvalue weighted by Gasteiger charge is 2.70. The number of fused-ring (bicyclic) bond motifs is 4. The Morgan fingerprint density at radius 1 is 0.854 bits per heavy atom. The number of anilines is 1. The Morgan fingerprint density at radius 2 is 1.59 bits per heavy atom. The van der Waals surface area contributed by atoms with Crippen LogP contribution in [0.15, 0.2) is 90.5 Å². The molecule has 1 N–H and O–H groups in total. The highest BCUT2D eigenvalue weighted by molar-refractivity contribution is 6.32. The molecule has 2 saturated heterocycles. The van der Waals surface area contributed by atoms with Crippen LogP contribution in [0.1, 0.15) is 29.9 Å². The summed E-state index contributed by atoms with van der Waals surface area (Å²) in [6.45, 7) is 0. The molecule has 206 valence electrons. The van der Waals surface area contributed by atoms with Crippen molar-refractivity contribution in [3.8, 4) is 5.75 Å². The minimum absolute atomic E-state index is 0.0803. The number of nitrogens with zero attached hydrogens (tertiary/aromatic N) is 2. The molecule has 7 rings (SSSR count). The summed E-state index contributed by atoms with van der Waals surface area (Å²) >= 11 is 6.31. The van der Waals surface area contributed by atoms with Crippen molar-refractivity contribution < 1.29 is 24.3 Å². The smallest absolute Gasteiger partial charge is 0.246 e. The lowest BCUT2D eigenvalue weighted by molar-refractivity contribution is -0.138. The van der Waals surface area contributed by atoms with Crippen LogP contribution in [0.4, 0.5) is 5.69 Å². The summed E-state index contributed by atoms with van der Waals surface area (Å²) in [6, 6.07) is 22.8. The highest BCUT2D eigenvalue weighted by Crippen LogP contribution is 2.64. The number of hydrogen-bond acceptors (Lipinski definition) is 5. The van der Waals surface area contributed by atoms with E-state index in [4.69, 9.17) is 11.6 Å². The van der Waals surface area contributed by atoms with Crippen LogP contribution < -0.4 is 4.90 Å². The molecule has 0 bridgehead atoms. The van der Waals surface area contributed by atoms with Gasteiger partial charge in [0.15, 0.2) is 0 Å². The maximum atomic E-state index is 15.0. The normalized spacial score (nSPS) is 30.7. The van der Waals surface area contributed by atoms with Gasteiger partial charge in [0.1, 0.15) is 5.75 Å². The van der Waals surface area contributed by atoms with E-state index >= 15 is 0 Å². The predicted molar refractivity (Wildman–Crippen MR) is 152 cm³/mol. The molecule has 6 atom stereocenters. The minimum atomic E-state index is -1.32. The zero-order valence-electron chi connectivity index (χ0n) is 22.2. The van der Waals surface area contributed by atoms with E-state index in [1.165, 1.54) is 16.8 Å². The van der Waals surface area contributed by atoms with Crippen LogP contribution in [-0.4, -0.2) is 40.7 Å². The Bertz CT molecular complexity index is 1650. The Morgan fingerprint density at radius 3 is 2.29 bits per heavy atom. The molecule has 2 heterocycles. The fourth-order valence-electron chi connectivity index (χ4n) is 7.94. The number of halogens is 1. The van der Waals surface area contributed by atoms with E-state index in [0.717, 1.165) is 11.1 Å². The van der Waals surface area contributed by atoms with Gasteiger partial charge in [0.05, 0.1) is 28.9 Å². The first-order valence-corrected chi connectivity index (χ1v) is 14.1. The number of carbonyl (C=O) groups excluding carboxylic acids is 4. The number of hydrogen-bond donors (Lipinski definition) is 1. The fourth-order valence-corrected chi connectivity index (χ4v) is 8.13. The number of likely N-dealkylation sites (tertiary alicyclic amines) is 1. The summed E-state index contributed by atoms with van der Waals surface area (Å²) in [4.78, 5) is 58.4. The van der Waals surface area contributed by atoms with Gasteiger partial charge in [-0.25, -0.2) is 4.90 Å². The van der Waals surface area contributed by atoms with Gasteiger partial charge in [-0.2, -0.15) is 0 Å². The molecule has 3 aromatic carbocycles. The number of aromatic hydroxyl groups is 1. The minimum Gasteiger partial charge on any atom is -0.508 e. The molecule has 4 amide bonds. The maximum absolute atomic E-state index is 15.0. The van der Waals surface area contributed by atoms with Gasteiger partial charge in [-0.15, -0.1) is 0 Å². The van der Waals surface area contributed by atoms with E-state index in [9.17, 15) is 24.3 Å². The average molecular weight is 567 g/mol. The second-order valence-electron chi connectivity index (χ2n) is 11.4. The molecule has 3 fully saturated rings.